The molecule has 1 fully saturated rings. The van der Waals surface area contributed by atoms with Crippen molar-refractivity contribution in [2.45, 2.75) is 71.6 Å². The third-order valence-electron chi connectivity index (χ3n) is 4.46. The third kappa shape index (κ3) is 4.50. The predicted octanol–water partition coefficient (Wildman–Crippen LogP) is 3.91. The number of carbonyl (C=O) groups excluding carboxylic acids is 2. The van der Waals surface area contributed by atoms with Crippen LogP contribution in [0.4, 0.5) is 10.6 Å². The summed E-state index contributed by atoms with van der Waals surface area (Å²) in [5, 5.41) is 0. The van der Waals surface area contributed by atoms with Crippen LogP contribution in [-0.4, -0.2) is 40.6 Å². The van der Waals surface area contributed by atoms with Crippen LogP contribution in [0.1, 0.15) is 65.5 Å². The van der Waals surface area contributed by atoms with E-state index in [1.807, 2.05) is 46.8 Å². The van der Waals surface area contributed by atoms with Crippen molar-refractivity contribution < 1.29 is 14.3 Å². The lowest BCUT2D eigenvalue weighted by atomic mass is 10.0. The summed E-state index contributed by atoms with van der Waals surface area (Å²) < 4.78 is 5.61. The number of pyridine rings is 1. The minimum Gasteiger partial charge on any atom is -0.443 e. The summed E-state index contributed by atoms with van der Waals surface area (Å²) in [5.41, 5.74) is 0.318. The van der Waals surface area contributed by atoms with Crippen LogP contribution in [0.5, 0.6) is 0 Å². The second kappa shape index (κ2) is 7.85. The number of hydrogen-bond acceptors (Lipinski definition) is 4. The van der Waals surface area contributed by atoms with Crippen LogP contribution < -0.4 is 4.90 Å². The average Bonchev–Trinajstić information content (AvgIpc) is 3.02. The number of aromatic nitrogens is 1. The molecular weight excluding hydrogens is 318 g/mol. The summed E-state index contributed by atoms with van der Waals surface area (Å²) in [5.74, 6) is 0.588. The van der Waals surface area contributed by atoms with E-state index in [0.29, 0.717) is 5.82 Å². The zero-order chi connectivity index (χ0) is 18.6. The summed E-state index contributed by atoms with van der Waals surface area (Å²) in [4.78, 5) is 32.1. The number of ether oxygens (including phenoxy) is 1. The second-order valence-electron chi connectivity index (χ2n) is 7.53. The van der Waals surface area contributed by atoms with Gasteiger partial charge in [-0.25, -0.2) is 9.78 Å². The lowest BCUT2D eigenvalue weighted by Gasteiger charge is -2.33. The van der Waals surface area contributed by atoms with Gasteiger partial charge in [-0.15, -0.1) is 0 Å². The van der Waals surface area contributed by atoms with E-state index < -0.39 is 11.7 Å². The molecule has 2 atom stereocenters. The first-order valence-corrected chi connectivity index (χ1v) is 8.96. The van der Waals surface area contributed by atoms with Crippen LogP contribution in [0.2, 0.25) is 0 Å². The monoisotopic (exact) mass is 347 g/mol. The molecule has 0 saturated carbocycles. The van der Waals surface area contributed by atoms with Crippen LogP contribution in [-0.2, 0) is 9.53 Å². The number of amides is 2. The van der Waals surface area contributed by atoms with Gasteiger partial charge in [0, 0.05) is 24.3 Å². The van der Waals surface area contributed by atoms with Crippen LogP contribution in [0, 0.1) is 0 Å². The summed E-state index contributed by atoms with van der Waals surface area (Å²) in [6.07, 6.45) is 4.76. The summed E-state index contributed by atoms with van der Waals surface area (Å²) >= 11 is 0. The highest BCUT2D eigenvalue weighted by molar-refractivity contribution is 5.88. The standard InChI is InChI=1S/C19H29N3O3/c1-6-14(2)22(18(24)25-19(3,4)5)17-15(9-7-11-20-17)16-10-8-12-21(16)13-23/h7,9,11,13-14,16H,6,8,10,12H2,1-5H3/t14-,16-/m0/s1. The molecule has 1 saturated heterocycles. The van der Waals surface area contributed by atoms with Gasteiger partial charge in [0.2, 0.25) is 6.41 Å². The Morgan fingerprint density at radius 2 is 2.24 bits per heavy atom. The van der Waals surface area contributed by atoms with Gasteiger partial charge < -0.3 is 9.64 Å². The van der Waals surface area contributed by atoms with Crippen LogP contribution in [0.3, 0.4) is 0 Å². The van der Waals surface area contributed by atoms with Crippen molar-refractivity contribution in [1.29, 1.82) is 0 Å². The number of rotatable bonds is 5. The zero-order valence-corrected chi connectivity index (χ0v) is 15.9. The Kier molecular flexibility index (Phi) is 6.03. The minimum absolute atomic E-state index is 0.0461. The maximum absolute atomic E-state index is 12.9. The van der Waals surface area contributed by atoms with Gasteiger partial charge >= 0.3 is 6.09 Å². The number of likely N-dealkylation sites (tertiary alicyclic amines) is 1. The summed E-state index contributed by atoms with van der Waals surface area (Å²) in [6, 6.07) is 3.70. The minimum atomic E-state index is -0.583. The molecule has 0 bridgehead atoms. The van der Waals surface area contributed by atoms with Crippen molar-refractivity contribution in [3.05, 3.63) is 23.9 Å². The van der Waals surface area contributed by atoms with Crippen molar-refractivity contribution >= 4 is 18.3 Å². The molecule has 0 aliphatic carbocycles. The lowest BCUT2D eigenvalue weighted by Crippen LogP contribution is -2.43. The number of hydrogen-bond donors (Lipinski definition) is 0. The van der Waals surface area contributed by atoms with Gasteiger partial charge in [0.25, 0.3) is 0 Å². The topological polar surface area (TPSA) is 62.7 Å². The predicted molar refractivity (Wildman–Crippen MR) is 97.4 cm³/mol. The van der Waals surface area contributed by atoms with E-state index in [0.717, 1.165) is 37.8 Å². The Balaban J connectivity index is 2.44. The van der Waals surface area contributed by atoms with Gasteiger partial charge in [-0.05, 0) is 53.0 Å². The van der Waals surface area contributed by atoms with Crippen molar-refractivity contribution in [1.82, 2.24) is 9.88 Å². The highest BCUT2D eigenvalue weighted by Crippen LogP contribution is 2.36. The van der Waals surface area contributed by atoms with Gasteiger partial charge in [0.1, 0.15) is 11.4 Å². The Bertz CT molecular complexity index is 612. The number of nitrogens with zero attached hydrogens (tertiary/aromatic N) is 3. The maximum Gasteiger partial charge on any atom is 0.416 e. The van der Waals surface area contributed by atoms with Gasteiger partial charge in [-0.1, -0.05) is 13.0 Å². The van der Waals surface area contributed by atoms with Gasteiger partial charge in [0.05, 0.1) is 6.04 Å². The van der Waals surface area contributed by atoms with Gasteiger partial charge in [-0.2, -0.15) is 0 Å². The molecule has 0 spiro atoms. The lowest BCUT2D eigenvalue weighted by molar-refractivity contribution is -0.118. The first-order chi connectivity index (χ1) is 11.8. The molecule has 25 heavy (non-hydrogen) atoms. The number of anilines is 1. The van der Waals surface area contributed by atoms with E-state index in [4.69, 9.17) is 4.74 Å². The van der Waals surface area contributed by atoms with Crippen molar-refractivity contribution in [2.75, 3.05) is 11.4 Å². The van der Waals surface area contributed by atoms with Crippen molar-refractivity contribution in [3.63, 3.8) is 0 Å². The third-order valence-corrected chi connectivity index (χ3v) is 4.46. The first kappa shape index (κ1) is 19.2. The Morgan fingerprint density at radius 3 is 2.84 bits per heavy atom. The van der Waals surface area contributed by atoms with E-state index in [1.165, 1.54) is 0 Å². The highest BCUT2D eigenvalue weighted by Gasteiger charge is 2.33. The largest absolute Gasteiger partial charge is 0.443 e. The molecular formula is C19H29N3O3. The van der Waals surface area contributed by atoms with Crippen molar-refractivity contribution in [3.8, 4) is 0 Å². The fraction of sp³-hybridized carbons (Fsp3) is 0.632. The molecule has 0 radical (unpaired) electrons. The average molecular weight is 347 g/mol. The molecule has 0 N–H and O–H groups in total. The molecule has 6 heteroatoms. The SMILES string of the molecule is CC[C@H](C)N(C(=O)OC(C)(C)C)c1ncccc1[C@@H]1CCCN1C=O. The Hall–Kier alpha value is -2.11. The van der Waals surface area contributed by atoms with Crippen molar-refractivity contribution in [2.24, 2.45) is 0 Å². The zero-order valence-electron chi connectivity index (χ0n) is 15.9. The Labute approximate surface area is 150 Å². The van der Waals surface area contributed by atoms with E-state index in [-0.39, 0.29) is 12.1 Å². The number of carbonyl (C=O) groups is 2. The van der Waals surface area contributed by atoms with E-state index in [2.05, 4.69) is 4.98 Å². The molecule has 1 aliphatic heterocycles. The van der Waals surface area contributed by atoms with Gasteiger partial charge in [0.15, 0.2) is 0 Å². The normalized spacial score (nSPS) is 18.8. The first-order valence-electron chi connectivity index (χ1n) is 8.96. The van der Waals surface area contributed by atoms with E-state index in [9.17, 15) is 9.59 Å². The maximum atomic E-state index is 12.9. The van der Waals surface area contributed by atoms with Crippen LogP contribution >= 0.6 is 0 Å². The second-order valence-corrected chi connectivity index (χ2v) is 7.53. The van der Waals surface area contributed by atoms with Gasteiger partial charge in [-0.3, -0.25) is 9.69 Å². The molecule has 1 aromatic rings. The van der Waals surface area contributed by atoms with Crippen LogP contribution in [0.15, 0.2) is 18.3 Å². The molecule has 2 rings (SSSR count). The van der Waals surface area contributed by atoms with E-state index >= 15 is 0 Å². The smallest absolute Gasteiger partial charge is 0.416 e. The molecule has 6 nitrogen and oxygen atoms in total. The highest BCUT2D eigenvalue weighted by atomic mass is 16.6. The molecule has 1 aliphatic rings. The summed E-state index contributed by atoms with van der Waals surface area (Å²) in [6.45, 7) is 10.3. The molecule has 0 unspecified atom stereocenters. The van der Waals surface area contributed by atoms with E-state index in [1.54, 1.807) is 16.0 Å². The molecule has 0 aromatic carbocycles. The molecule has 138 valence electrons. The van der Waals surface area contributed by atoms with Crippen LogP contribution in [0.25, 0.3) is 0 Å². The quantitative estimate of drug-likeness (QED) is 0.758. The Morgan fingerprint density at radius 1 is 1.52 bits per heavy atom. The fourth-order valence-corrected chi connectivity index (χ4v) is 3.09. The fourth-order valence-electron chi connectivity index (χ4n) is 3.09. The molecule has 2 amide bonds. The molecule has 1 aromatic heterocycles. The summed E-state index contributed by atoms with van der Waals surface area (Å²) in [7, 11) is 0. The molecule has 2 heterocycles.